The van der Waals surface area contributed by atoms with Crippen LogP contribution < -0.4 is 0 Å². The number of thioether (sulfide) groups is 1. The van der Waals surface area contributed by atoms with E-state index in [1.807, 2.05) is 6.07 Å². The Morgan fingerprint density at radius 1 is 1.38 bits per heavy atom. The molecule has 0 bridgehead atoms. The Balaban J connectivity index is 2.41. The molecule has 0 aliphatic rings. The quantitative estimate of drug-likeness (QED) is 0.758. The summed E-state index contributed by atoms with van der Waals surface area (Å²) in [5.74, 6) is 0.234. The molecule has 2 aromatic rings. The molecule has 1 aromatic carbocycles. The topological polar surface area (TPSA) is 87.2 Å². The third-order valence-corrected chi connectivity index (χ3v) is 5.68. The fraction of sp³-hybridized carbons (Fsp3) is 0.385. The lowest BCUT2D eigenvalue weighted by molar-refractivity contribution is 0.445. The zero-order valence-corrected chi connectivity index (χ0v) is 13.4. The second kappa shape index (κ2) is 6.47. The summed E-state index contributed by atoms with van der Waals surface area (Å²) in [5.41, 5.74) is 0.984. The van der Waals surface area contributed by atoms with Gasteiger partial charge in [0.1, 0.15) is 5.52 Å². The van der Waals surface area contributed by atoms with Crippen molar-refractivity contribution < 1.29 is 12.8 Å². The van der Waals surface area contributed by atoms with Crippen molar-refractivity contribution in [3.63, 3.8) is 0 Å². The predicted molar refractivity (Wildman–Crippen MR) is 80.5 cm³/mol. The van der Waals surface area contributed by atoms with E-state index in [0.29, 0.717) is 29.4 Å². The summed E-state index contributed by atoms with van der Waals surface area (Å²) in [6.07, 6.45) is 0. The average molecular weight is 325 g/mol. The van der Waals surface area contributed by atoms with Gasteiger partial charge in [-0.15, -0.1) is 0 Å². The third kappa shape index (κ3) is 3.20. The minimum Gasteiger partial charge on any atom is -0.431 e. The van der Waals surface area contributed by atoms with E-state index in [4.69, 9.17) is 9.68 Å². The molecule has 0 aliphatic carbocycles. The molecular weight excluding hydrogens is 310 g/mol. The molecule has 2 rings (SSSR count). The smallest absolute Gasteiger partial charge is 0.257 e. The van der Waals surface area contributed by atoms with Crippen LogP contribution in [-0.2, 0) is 10.0 Å². The number of benzene rings is 1. The summed E-state index contributed by atoms with van der Waals surface area (Å²) in [7, 11) is -3.51. The van der Waals surface area contributed by atoms with Crippen LogP contribution in [0.2, 0.25) is 0 Å². The molecule has 0 N–H and O–H groups in total. The number of aromatic nitrogens is 1. The predicted octanol–water partition coefficient (Wildman–Crippen LogP) is 2.47. The number of nitrogens with zero attached hydrogens (tertiary/aromatic N) is 3. The maximum Gasteiger partial charge on any atom is 0.257 e. The van der Waals surface area contributed by atoms with Gasteiger partial charge in [0.25, 0.3) is 5.22 Å². The van der Waals surface area contributed by atoms with Crippen molar-refractivity contribution in [2.24, 2.45) is 0 Å². The average Bonchev–Trinajstić information content (AvgIpc) is 2.87. The van der Waals surface area contributed by atoms with E-state index in [1.165, 1.54) is 28.2 Å². The largest absolute Gasteiger partial charge is 0.431 e. The van der Waals surface area contributed by atoms with Gasteiger partial charge in [-0.1, -0.05) is 25.6 Å². The Hall–Kier alpha value is -1.56. The molecule has 112 valence electrons. The zero-order chi connectivity index (χ0) is 15.5. The van der Waals surface area contributed by atoms with Crippen molar-refractivity contribution >= 4 is 32.9 Å². The van der Waals surface area contributed by atoms with Crippen molar-refractivity contribution in [1.82, 2.24) is 9.29 Å². The van der Waals surface area contributed by atoms with Crippen LogP contribution in [-0.4, -0.2) is 36.5 Å². The van der Waals surface area contributed by atoms with Gasteiger partial charge in [0.15, 0.2) is 5.58 Å². The minimum absolute atomic E-state index is 0.198. The number of sulfonamides is 1. The maximum atomic E-state index is 12.4. The van der Waals surface area contributed by atoms with Gasteiger partial charge in [0, 0.05) is 13.1 Å². The SMILES string of the molecule is CCN(CC)S(=O)(=O)c1ccc2oc(SCC#N)nc2c1. The van der Waals surface area contributed by atoms with Gasteiger partial charge in [-0.05, 0) is 18.2 Å². The van der Waals surface area contributed by atoms with Crippen LogP contribution in [0.5, 0.6) is 0 Å². The highest BCUT2D eigenvalue weighted by atomic mass is 32.2. The molecule has 1 heterocycles. The summed E-state index contributed by atoms with van der Waals surface area (Å²) >= 11 is 1.18. The Bertz CT molecular complexity index is 774. The summed E-state index contributed by atoms with van der Waals surface area (Å²) in [6, 6.07) is 6.60. The number of nitriles is 1. The molecule has 0 spiro atoms. The Kier molecular flexibility index (Phi) is 4.88. The fourth-order valence-electron chi connectivity index (χ4n) is 1.91. The molecule has 0 aliphatic heterocycles. The number of hydrogen-bond donors (Lipinski definition) is 0. The van der Waals surface area contributed by atoms with E-state index in [2.05, 4.69) is 4.98 Å². The highest BCUT2D eigenvalue weighted by Gasteiger charge is 2.22. The molecule has 6 nitrogen and oxygen atoms in total. The molecule has 0 amide bonds. The molecule has 8 heteroatoms. The monoisotopic (exact) mass is 325 g/mol. The standard InChI is InChI=1S/C13H15N3O3S2/c1-3-16(4-2)21(17,18)10-5-6-12-11(9-10)15-13(19-12)20-8-7-14/h5-6,9H,3-4,8H2,1-2H3. The summed E-state index contributed by atoms with van der Waals surface area (Å²) in [6.45, 7) is 4.43. The molecule has 0 saturated heterocycles. The van der Waals surface area contributed by atoms with Gasteiger partial charge >= 0.3 is 0 Å². The van der Waals surface area contributed by atoms with Crippen LogP contribution in [0.25, 0.3) is 11.1 Å². The van der Waals surface area contributed by atoms with Crippen molar-refractivity contribution in [2.75, 3.05) is 18.8 Å². The van der Waals surface area contributed by atoms with E-state index in [1.54, 1.807) is 19.9 Å². The first kappa shape index (κ1) is 15.8. The molecular formula is C13H15N3O3S2. The fourth-order valence-corrected chi connectivity index (χ4v) is 3.89. The van der Waals surface area contributed by atoms with Gasteiger partial charge < -0.3 is 4.42 Å². The first-order valence-electron chi connectivity index (χ1n) is 6.43. The van der Waals surface area contributed by atoms with Gasteiger partial charge in [-0.3, -0.25) is 0 Å². The molecule has 0 radical (unpaired) electrons. The summed E-state index contributed by atoms with van der Waals surface area (Å²) < 4.78 is 31.7. The first-order chi connectivity index (χ1) is 10.0. The Labute approximate surface area is 127 Å². The van der Waals surface area contributed by atoms with Crippen molar-refractivity contribution in [3.8, 4) is 6.07 Å². The molecule has 1 aromatic heterocycles. The van der Waals surface area contributed by atoms with Crippen LogP contribution in [0.4, 0.5) is 0 Å². The zero-order valence-electron chi connectivity index (χ0n) is 11.7. The summed E-state index contributed by atoms with van der Waals surface area (Å²) in [5, 5.41) is 8.91. The van der Waals surface area contributed by atoms with Crippen molar-refractivity contribution in [1.29, 1.82) is 5.26 Å². The van der Waals surface area contributed by atoms with E-state index >= 15 is 0 Å². The number of fused-ring (bicyclic) bond motifs is 1. The summed E-state index contributed by atoms with van der Waals surface area (Å²) in [4.78, 5) is 4.40. The minimum atomic E-state index is -3.51. The van der Waals surface area contributed by atoms with Gasteiger partial charge in [-0.25, -0.2) is 13.4 Å². The number of oxazole rings is 1. The van der Waals surface area contributed by atoms with Crippen LogP contribution >= 0.6 is 11.8 Å². The lowest BCUT2D eigenvalue weighted by Crippen LogP contribution is -2.30. The van der Waals surface area contributed by atoms with Gasteiger partial charge in [0.2, 0.25) is 10.0 Å². The maximum absolute atomic E-state index is 12.4. The molecule has 21 heavy (non-hydrogen) atoms. The van der Waals surface area contributed by atoms with Crippen LogP contribution in [0.1, 0.15) is 13.8 Å². The normalized spacial score (nSPS) is 11.9. The van der Waals surface area contributed by atoms with E-state index in [-0.39, 0.29) is 10.6 Å². The Morgan fingerprint density at radius 2 is 2.10 bits per heavy atom. The molecule has 0 saturated carbocycles. The lowest BCUT2D eigenvalue weighted by Gasteiger charge is -2.18. The van der Waals surface area contributed by atoms with Crippen LogP contribution in [0.15, 0.2) is 32.7 Å². The van der Waals surface area contributed by atoms with Gasteiger partial charge in [0.05, 0.1) is 16.7 Å². The molecule has 0 fully saturated rings. The van der Waals surface area contributed by atoms with Gasteiger partial charge in [-0.2, -0.15) is 9.57 Å². The number of hydrogen-bond acceptors (Lipinski definition) is 6. The van der Waals surface area contributed by atoms with Crippen LogP contribution in [0, 0.1) is 11.3 Å². The number of rotatable bonds is 6. The third-order valence-electron chi connectivity index (χ3n) is 2.94. The van der Waals surface area contributed by atoms with Crippen molar-refractivity contribution in [3.05, 3.63) is 18.2 Å². The highest BCUT2D eigenvalue weighted by Crippen LogP contribution is 2.26. The van der Waals surface area contributed by atoms with E-state index < -0.39 is 10.0 Å². The first-order valence-corrected chi connectivity index (χ1v) is 8.86. The highest BCUT2D eigenvalue weighted by molar-refractivity contribution is 7.99. The second-order valence-corrected chi connectivity index (χ2v) is 7.01. The van der Waals surface area contributed by atoms with E-state index in [0.717, 1.165) is 0 Å². The molecule has 0 atom stereocenters. The molecule has 0 unspecified atom stereocenters. The Morgan fingerprint density at radius 3 is 2.71 bits per heavy atom. The van der Waals surface area contributed by atoms with E-state index in [9.17, 15) is 8.42 Å². The lowest BCUT2D eigenvalue weighted by atomic mass is 10.3. The van der Waals surface area contributed by atoms with Crippen LogP contribution in [0.3, 0.4) is 0 Å². The second-order valence-electron chi connectivity index (χ2n) is 4.15. The van der Waals surface area contributed by atoms with Crippen molar-refractivity contribution in [2.45, 2.75) is 24.0 Å².